The summed E-state index contributed by atoms with van der Waals surface area (Å²) in [5, 5.41) is 14.2. The Morgan fingerprint density at radius 1 is 1.07 bits per heavy atom. The van der Waals surface area contributed by atoms with E-state index in [1.165, 1.54) is 11.1 Å². The van der Waals surface area contributed by atoms with E-state index >= 15 is 0 Å². The maximum atomic E-state index is 12.8. The zero-order valence-electron chi connectivity index (χ0n) is 16.2. The Labute approximate surface area is 162 Å². The lowest BCUT2D eigenvalue weighted by molar-refractivity contribution is -0.156. The molecule has 27 heavy (non-hydrogen) atoms. The van der Waals surface area contributed by atoms with Crippen LogP contribution in [0.5, 0.6) is 0 Å². The highest BCUT2D eigenvalue weighted by Gasteiger charge is 2.41. The van der Waals surface area contributed by atoms with Gasteiger partial charge >= 0.3 is 0 Å². The molecule has 1 atom stereocenters. The number of aryl methyl sites for hydroxylation is 2. The molecule has 0 aliphatic carbocycles. The van der Waals surface area contributed by atoms with Crippen molar-refractivity contribution in [3.63, 3.8) is 0 Å². The van der Waals surface area contributed by atoms with Gasteiger partial charge in [-0.05, 0) is 43.7 Å². The van der Waals surface area contributed by atoms with Crippen molar-refractivity contribution in [2.45, 2.75) is 44.8 Å². The average molecular weight is 367 g/mol. The number of carbonyl (C=O) groups excluding carboxylic acids is 1. The molecule has 144 valence electrons. The van der Waals surface area contributed by atoms with Gasteiger partial charge in [0.1, 0.15) is 0 Å². The third-order valence-corrected chi connectivity index (χ3v) is 5.31. The van der Waals surface area contributed by atoms with Gasteiger partial charge in [-0.15, -0.1) is 0 Å². The van der Waals surface area contributed by atoms with Crippen LogP contribution < -0.4 is 5.32 Å². The molecule has 2 aromatic carbocycles. The molecule has 2 aromatic rings. The Balaban J connectivity index is 1.47. The fourth-order valence-corrected chi connectivity index (χ4v) is 3.68. The summed E-state index contributed by atoms with van der Waals surface area (Å²) in [7, 11) is 0. The molecular formula is C23H30N2O2. The van der Waals surface area contributed by atoms with Crippen LogP contribution in [0.15, 0.2) is 54.6 Å². The van der Waals surface area contributed by atoms with Crippen molar-refractivity contribution in [3.05, 3.63) is 71.3 Å². The van der Waals surface area contributed by atoms with E-state index in [-0.39, 0.29) is 5.91 Å². The molecule has 0 aromatic heterocycles. The van der Waals surface area contributed by atoms with Gasteiger partial charge in [0, 0.05) is 26.2 Å². The fraction of sp³-hybridized carbons (Fsp3) is 0.435. The van der Waals surface area contributed by atoms with Crippen molar-refractivity contribution < 1.29 is 9.90 Å². The maximum Gasteiger partial charge on any atom is 0.255 e. The van der Waals surface area contributed by atoms with E-state index in [4.69, 9.17) is 0 Å². The first kappa shape index (κ1) is 19.6. The smallest absolute Gasteiger partial charge is 0.255 e. The summed E-state index contributed by atoms with van der Waals surface area (Å²) >= 11 is 0. The largest absolute Gasteiger partial charge is 0.379 e. The molecule has 1 aliphatic rings. The van der Waals surface area contributed by atoms with E-state index in [2.05, 4.69) is 48.6 Å². The van der Waals surface area contributed by atoms with E-state index in [1.54, 1.807) is 0 Å². The topological polar surface area (TPSA) is 52.6 Å². The SMILES string of the molecule is Cc1ccc(CNC[C@]2(O)CCCN(CCCc3ccccc3)C2=O)cc1. The fourth-order valence-electron chi connectivity index (χ4n) is 3.68. The first-order valence-corrected chi connectivity index (χ1v) is 9.89. The monoisotopic (exact) mass is 366 g/mol. The Hall–Kier alpha value is -2.17. The van der Waals surface area contributed by atoms with Gasteiger partial charge in [-0.2, -0.15) is 0 Å². The third kappa shape index (κ3) is 5.41. The zero-order valence-corrected chi connectivity index (χ0v) is 16.2. The highest BCUT2D eigenvalue weighted by Crippen LogP contribution is 2.23. The standard InChI is InChI=1S/C23H30N2O2/c1-19-10-12-21(13-11-19)17-24-18-23(27)14-6-16-25(22(23)26)15-5-9-20-7-3-2-4-8-20/h2-4,7-8,10-13,24,27H,5-6,9,14-18H2,1H3/t23-/m1/s1. The third-order valence-electron chi connectivity index (χ3n) is 5.31. The molecule has 0 saturated carbocycles. The summed E-state index contributed by atoms with van der Waals surface area (Å²) in [6, 6.07) is 18.6. The van der Waals surface area contributed by atoms with Crippen molar-refractivity contribution in [2.24, 2.45) is 0 Å². The number of nitrogens with one attached hydrogen (secondary N) is 1. The second-order valence-electron chi connectivity index (χ2n) is 7.61. The number of rotatable bonds is 8. The molecule has 3 rings (SSSR count). The highest BCUT2D eigenvalue weighted by molar-refractivity contribution is 5.86. The molecule has 1 heterocycles. The van der Waals surface area contributed by atoms with Gasteiger partial charge in [0.15, 0.2) is 5.60 Å². The predicted molar refractivity (Wildman–Crippen MR) is 108 cm³/mol. The van der Waals surface area contributed by atoms with Crippen LogP contribution in [0.25, 0.3) is 0 Å². The van der Waals surface area contributed by atoms with Crippen molar-refractivity contribution in [2.75, 3.05) is 19.6 Å². The number of piperidine rings is 1. The van der Waals surface area contributed by atoms with Crippen LogP contribution in [-0.4, -0.2) is 41.1 Å². The van der Waals surface area contributed by atoms with Gasteiger partial charge in [0.05, 0.1) is 0 Å². The average Bonchev–Trinajstić information content (AvgIpc) is 2.68. The van der Waals surface area contributed by atoms with Crippen LogP contribution in [0.4, 0.5) is 0 Å². The molecule has 4 heteroatoms. The predicted octanol–water partition coefficient (Wildman–Crippen LogP) is 3.07. The lowest BCUT2D eigenvalue weighted by atomic mass is 9.91. The van der Waals surface area contributed by atoms with Crippen LogP contribution in [0.3, 0.4) is 0 Å². The first-order chi connectivity index (χ1) is 13.1. The number of hydrogen-bond donors (Lipinski definition) is 2. The Morgan fingerprint density at radius 2 is 1.81 bits per heavy atom. The number of aliphatic hydroxyl groups is 1. The molecule has 0 spiro atoms. The number of nitrogens with zero attached hydrogens (tertiary/aromatic N) is 1. The van der Waals surface area contributed by atoms with E-state index < -0.39 is 5.60 Å². The van der Waals surface area contributed by atoms with Crippen LogP contribution in [-0.2, 0) is 17.8 Å². The second-order valence-corrected chi connectivity index (χ2v) is 7.61. The van der Waals surface area contributed by atoms with Gasteiger partial charge in [-0.25, -0.2) is 0 Å². The van der Waals surface area contributed by atoms with Gasteiger partial charge in [0.25, 0.3) is 5.91 Å². The van der Waals surface area contributed by atoms with Crippen LogP contribution in [0.1, 0.15) is 36.0 Å². The summed E-state index contributed by atoms with van der Waals surface area (Å²) in [6.45, 7) is 4.47. The molecule has 2 N–H and O–H groups in total. The molecule has 4 nitrogen and oxygen atoms in total. The minimum Gasteiger partial charge on any atom is -0.379 e. The Bertz CT molecular complexity index is 730. The van der Waals surface area contributed by atoms with Crippen molar-refractivity contribution in [3.8, 4) is 0 Å². The molecular weight excluding hydrogens is 336 g/mol. The van der Waals surface area contributed by atoms with Crippen molar-refractivity contribution >= 4 is 5.91 Å². The van der Waals surface area contributed by atoms with Crippen molar-refractivity contribution in [1.82, 2.24) is 10.2 Å². The van der Waals surface area contributed by atoms with Gasteiger partial charge < -0.3 is 15.3 Å². The summed E-state index contributed by atoms with van der Waals surface area (Å²) in [6.07, 6.45) is 3.25. The lowest BCUT2D eigenvalue weighted by Crippen LogP contribution is -2.58. The molecule has 1 amide bonds. The quantitative estimate of drug-likeness (QED) is 0.755. The molecule has 0 bridgehead atoms. The van der Waals surface area contributed by atoms with E-state index in [0.29, 0.717) is 26.1 Å². The molecule has 1 aliphatic heterocycles. The van der Waals surface area contributed by atoms with Gasteiger partial charge in [0.2, 0.25) is 0 Å². The second kappa shape index (κ2) is 9.16. The zero-order chi connectivity index (χ0) is 19.1. The van der Waals surface area contributed by atoms with Gasteiger partial charge in [-0.3, -0.25) is 4.79 Å². The maximum absolute atomic E-state index is 12.8. The van der Waals surface area contributed by atoms with Crippen molar-refractivity contribution in [1.29, 1.82) is 0 Å². The number of hydrogen-bond acceptors (Lipinski definition) is 3. The number of amides is 1. The van der Waals surface area contributed by atoms with Crippen LogP contribution in [0.2, 0.25) is 0 Å². The normalized spacial score (nSPS) is 20.1. The summed E-state index contributed by atoms with van der Waals surface area (Å²) in [4.78, 5) is 14.6. The molecule has 0 unspecified atom stereocenters. The minimum atomic E-state index is -1.28. The van der Waals surface area contributed by atoms with E-state index in [0.717, 1.165) is 31.4 Å². The Morgan fingerprint density at radius 3 is 2.56 bits per heavy atom. The van der Waals surface area contributed by atoms with Gasteiger partial charge in [-0.1, -0.05) is 60.2 Å². The summed E-state index contributed by atoms with van der Waals surface area (Å²) in [5.41, 5.74) is 2.39. The molecule has 1 saturated heterocycles. The first-order valence-electron chi connectivity index (χ1n) is 9.89. The number of likely N-dealkylation sites (tertiary alicyclic amines) is 1. The number of benzene rings is 2. The van der Waals surface area contributed by atoms with Crippen LogP contribution >= 0.6 is 0 Å². The minimum absolute atomic E-state index is 0.127. The Kier molecular flexibility index (Phi) is 6.64. The summed E-state index contributed by atoms with van der Waals surface area (Å²) < 4.78 is 0. The van der Waals surface area contributed by atoms with Crippen LogP contribution in [0, 0.1) is 6.92 Å². The molecule has 1 fully saturated rings. The highest BCUT2D eigenvalue weighted by atomic mass is 16.3. The summed E-state index contributed by atoms with van der Waals surface area (Å²) in [5.74, 6) is -0.127. The van der Waals surface area contributed by atoms with E-state index in [9.17, 15) is 9.90 Å². The lowest BCUT2D eigenvalue weighted by Gasteiger charge is -2.38. The van der Waals surface area contributed by atoms with E-state index in [1.807, 2.05) is 23.1 Å². The molecule has 0 radical (unpaired) electrons. The number of carbonyl (C=O) groups is 1.